The van der Waals surface area contributed by atoms with Crippen LogP contribution in [-0.2, 0) is 12.6 Å². The number of halogens is 3. The Kier molecular flexibility index (Phi) is 3.92. The van der Waals surface area contributed by atoms with Gasteiger partial charge in [0, 0.05) is 6.04 Å². The molecule has 1 aromatic rings. The van der Waals surface area contributed by atoms with Crippen LogP contribution in [0.4, 0.5) is 13.2 Å². The fourth-order valence-corrected chi connectivity index (χ4v) is 2.08. The Hall–Kier alpha value is -1.07. The molecule has 0 aliphatic heterocycles. The van der Waals surface area contributed by atoms with E-state index in [-0.39, 0.29) is 6.04 Å². The molecule has 0 bridgehead atoms. The molecular weight excluding hydrogens is 241 g/mol. The molecule has 1 aliphatic rings. The van der Waals surface area contributed by atoms with Crippen molar-refractivity contribution in [2.45, 2.75) is 37.9 Å². The molecule has 0 radical (unpaired) electrons. The van der Waals surface area contributed by atoms with Gasteiger partial charge in [-0.3, -0.25) is 11.3 Å². The summed E-state index contributed by atoms with van der Waals surface area (Å²) in [5.74, 6) is 6.20. The van der Waals surface area contributed by atoms with Gasteiger partial charge in [0.2, 0.25) is 0 Å². The van der Waals surface area contributed by atoms with Crippen molar-refractivity contribution in [1.82, 2.24) is 5.43 Å². The van der Waals surface area contributed by atoms with E-state index in [1.165, 1.54) is 25.0 Å². The second kappa shape index (κ2) is 5.28. The van der Waals surface area contributed by atoms with Crippen molar-refractivity contribution in [2.24, 2.45) is 11.8 Å². The first-order chi connectivity index (χ1) is 8.49. The van der Waals surface area contributed by atoms with Crippen LogP contribution in [-0.4, -0.2) is 6.04 Å². The molecule has 5 heteroatoms. The molecule has 2 nitrogen and oxygen atoms in total. The SMILES string of the molecule is NNC(Cc1ccc(C(F)(F)F)cc1)CC1CC1. The maximum absolute atomic E-state index is 12.4. The van der Waals surface area contributed by atoms with E-state index < -0.39 is 11.7 Å². The predicted octanol–water partition coefficient (Wildman–Crippen LogP) is 2.88. The summed E-state index contributed by atoms with van der Waals surface area (Å²) in [5.41, 5.74) is 3.02. The van der Waals surface area contributed by atoms with Gasteiger partial charge in [0.1, 0.15) is 0 Å². The summed E-state index contributed by atoms with van der Waals surface area (Å²) in [6, 6.07) is 5.45. The average molecular weight is 258 g/mol. The minimum atomic E-state index is -4.27. The van der Waals surface area contributed by atoms with Crippen molar-refractivity contribution in [3.05, 3.63) is 35.4 Å². The van der Waals surface area contributed by atoms with Gasteiger partial charge in [-0.05, 0) is 36.5 Å². The molecule has 3 N–H and O–H groups in total. The number of hydrogen-bond acceptors (Lipinski definition) is 2. The Morgan fingerprint density at radius 1 is 1.22 bits per heavy atom. The molecular formula is C13H17F3N2. The van der Waals surface area contributed by atoms with Gasteiger partial charge in [-0.1, -0.05) is 25.0 Å². The van der Waals surface area contributed by atoms with Gasteiger partial charge in [-0.25, -0.2) is 0 Å². The second-order valence-corrected chi connectivity index (χ2v) is 4.94. The zero-order valence-electron chi connectivity index (χ0n) is 10.0. The highest BCUT2D eigenvalue weighted by Gasteiger charge is 2.30. The largest absolute Gasteiger partial charge is 0.416 e. The molecule has 2 rings (SSSR count). The highest BCUT2D eigenvalue weighted by Crippen LogP contribution is 2.34. The summed E-state index contributed by atoms with van der Waals surface area (Å²) in [6.45, 7) is 0. The van der Waals surface area contributed by atoms with E-state index in [2.05, 4.69) is 5.43 Å². The van der Waals surface area contributed by atoms with E-state index in [1.54, 1.807) is 0 Å². The van der Waals surface area contributed by atoms with Gasteiger partial charge >= 0.3 is 6.18 Å². The lowest BCUT2D eigenvalue weighted by Gasteiger charge is -2.16. The Morgan fingerprint density at radius 2 is 1.83 bits per heavy atom. The zero-order valence-corrected chi connectivity index (χ0v) is 10.0. The molecule has 1 aliphatic carbocycles. The number of hydrazine groups is 1. The normalized spacial score (nSPS) is 17.8. The summed E-state index contributed by atoms with van der Waals surface area (Å²) >= 11 is 0. The first-order valence-electron chi connectivity index (χ1n) is 6.11. The first kappa shape index (κ1) is 13.4. The van der Waals surface area contributed by atoms with Crippen LogP contribution >= 0.6 is 0 Å². The van der Waals surface area contributed by atoms with Crippen LogP contribution in [0.1, 0.15) is 30.4 Å². The summed E-state index contributed by atoms with van der Waals surface area (Å²) < 4.78 is 37.2. The summed E-state index contributed by atoms with van der Waals surface area (Å²) in [5, 5.41) is 0. The van der Waals surface area contributed by atoms with E-state index in [1.807, 2.05) is 0 Å². The van der Waals surface area contributed by atoms with Gasteiger partial charge in [0.15, 0.2) is 0 Å². The third-order valence-electron chi connectivity index (χ3n) is 3.31. The summed E-state index contributed by atoms with van der Waals surface area (Å²) in [6.07, 6.45) is -0.114. The molecule has 18 heavy (non-hydrogen) atoms. The highest BCUT2D eigenvalue weighted by molar-refractivity contribution is 5.25. The molecule has 1 saturated carbocycles. The smallest absolute Gasteiger partial charge is 0.271 e. The number of nitrogens with one attached hydrogen (secondary N) is 1. The standard InChI is InChI=1S/C13H17F3N2/c14-13(15,16)11-5-3-10(4-6-11)8-12(18-17)7-9-1-2-9/h3-6,9,12,18H,1-2,7-8,17H2. The Labute approximate surface area is 104 Å². The van der Waals surface area contributed by atoms with Gasteiger partial charge in [-0.2, -0.15) is 13.2 Å². The van der Waals surface area contributed by atoms with Crippen LogP contribution in [0.2, 0.25) is 0 Å². The van der Waals surface area contributed by atoms with Crippen molar-refractivity contribution in [2.75, 3.05) is 0 Å². The zero-order chi connectivity index (χ0) is 13.2. The van der Waals surface area contributed by atoms with Crippen molar-refractivity contribution >= 4 is 0 Å². The number of alkyl halides is 3. The van der Waals surface area contributed by atoms with Gasteiger partial charge in [0.05, 0.1) is 5.56 Å². The van der Waals surface area contributed by atoms with Crippen LogP contribution in [0.5, 0.6) is 0 Å². The minimum absolute atomic E-state index is 0.147. The summed E-state index contributed by atoms with van der Waals surface area (Å²) in [7, 11) is 0. The molecule has 1 unspecified atom stereocenters. The van der Waals surface area contributed by atoms with Gasteiger partial charge < -0.3 is 0 Å². The number of rotatable bonds is 5. The highest BCUT2D eigenvalue weighted by atomic mass is 19.4. The lowest BCUT2D eigenvalue weighted by molar-refractivity contribution is -0.137. The van der Waals surface area contributed by atoms with Crippen molar-refractivity contribution < 1.29 is 13.2 Å². The van der Waals surface area contributed by atoms with Crippen molar-refractivity contribution in [3.8, 4) is 0 Å². The lowest BCUT2D eigenvalue weighted by atomic mass is 10.0. The van der Waals surface area contributed by atoms with Crippen molar-refractivity contribution in [3.63, 3.8) is 0 Å². The monoisotopic (exact) mass is 258 g/mol. The molecule has 0 aromatic heterocycles. The Bertz CT molecular complexity index is 382. The van der Waals surface area contributed by atoms with E-state index in [0.717, 1.165) is 30.0 Å². The predicted molar refractivity (Wildman–Crippen MR) is 63.6 cm³/mol. The molecule has 0 spiro atoms. The van der Waals surface area contributed by atoms with Crippen LogP contribution in [0.15, 0.2) is 24.3 Å². The number of hydrogen-bond donors (Lipinski definition) is 2. The molecule has 100 valence electrons. The Morgan fingerprint density at radius 3 is 2.28 bits per heavy atom. The number of benzene rings is 1. The first-order valence-corrected chi connectivity index (χ1v) is 6.11. The van der Waals surface area contributed by atoms with E-state index >= 15 is 0 Å². The van der Waals surface area contributed by atoms with Crippen LogP contribution in [0.3, 0.4) is 0 Å². The fraction of sp³-hybridized carbons (Fsp3) is 0.538. The van der Waals surface area contributed by atoms with Gasteiger partial charge in [-0.15, -0.1) is 0 Å². The van der Waals surface area contributed by atoms with E-state index in [0.29, 0.717) is 6.42 Å². The van der Waals surface area contributed by atoms with Gasteiger partial charge in [0.25, 0.3) is 0 Å². The number of nitrogens with two attached hydrogens (primary N) is 1. The van der Waals surface area contributed by atoms with Crippen LogP contribution in [0, 0.1) is 5.92 Å². The Balaban J connectivity index is 1.95. The quantitative estimate of drug-likeness (QED) is 0.629. The maximum Gasteiger partial charge on any atom is 0.416 e. The molecule has 1 fully saturated rings. The molecule has 0 amide bonds. The lowest BCUT2D eigenvalue weighted by Crippen LogP contribution is -2.37. The van der Waals surface area contributed by atoms with E-state index in [9.17, 15) is 13.2 Å². The van der Waals surface area contributed by atoms with E-state index in [4.69, 9.17) is 5.84 Å². The fourth-order valence-electron chi connectivity index (χ4n) is 2.08. The minimum Gasteiger partial charge on any atom is -0.271 e. The van der Waals surface area contributed by atoms with Crippen molar-refractivity contribution in [1.29, 1.82) is 0 Å². The second-order valence-electron chi connectivity index (χ2n) is 4.94. The third-order valence-corrected chi connectivity index (χ3v) is 3.31. The average Bonchev–Trinajstić information content (AvgIpc) is 3.11. The topological polar surface area (TPSA) is 38.0 Å². The van der Waals surface area contributed by atoms with Crippen LogP contribution < -0.4 is 11.3 Å². The molecule has 1 aromatic carbocycles. The molecule has 0 saturated heterocycles. The molecule has 1 atom stereocenters. The maximum atomic E-state index is 12.4. The summed E-state index contributed by atoms with van der Waals surface area (Å²) in [4.78, 5) is 0. The third kappa shape index (κ3) is 3.71. The molecule has 0 heterocycles. The van der Waals surface area contributed by atoms with Crippen LogP contribution in [0.25, 0.3) is 0 Å².